The van der Waals surface area contributed by atoms with Gasteiger partial charge in [-0.15, -0.1) is 0 Å². The van der Waals surface area contributed by atoms with E-state index < -0.39 is 12.2 Å². The lowest BCUT2D eigenvalue weighted by Gasteiger charge is -2.23. The number of nitrogens with one attached hydrogen (secondary N) is 2. The predicted molar refractivity (Wildman–Crippen MR) is 83.4 cm³/mol. The van der Waals surface area contributed by atoms with Crippen molar-refractivity contribution < 1.29 is 23.2 Å². The van der Waals surface area contributed by atoms with Crippen LogP contribution < -0.4 is 15.0 Å². The van der Waals surface area contributed by atoms with E-state index in [1.165, 1.54) is 12.1 Å². The SMILES string of the molecule is C[NH+](CC(=O)N[C@](C)(C#N)C1CC1)Cc1ccc(OC(F)F)cc1. The van der Waals surface area contributed by atoms with Crippen LogP contribution in [0.2, 0.25) is 0 Å². The van der Waals surface area contributed by atoms with Crippen LogP contribution >= 0.6 is 0 Å². The lowest BCUT2D eigenvalue weighted by atomic mass is 9.98. The summed E-state index contributed by atoms with van der Waals surface area (Å²) in [5.41, 5.74) is 0.123. The first-order chi connectivity index (χ1) is 11.3. The molecule has 0 bridgehead atoms. The van der Waals surface area contributed by atoms with E-state index >= 15 is 0 Å². The van der Waals surface area contributed by atoms with Crippen LogP contribution in [-0.4, -0.2) is 31.7 Å². The normalized spacial score (nSPS) is 17.7. The van der Waals surface area contributed by atoms with Crippen molar-refractivity contribution in [2.24, 2.45) is 5.92 Å². The zero-order chi connectivity index (χ0) is 17.7. The first-order valence-electron chi connectivity index (χ1n) is 7.89. The Morgan fingerprint density at radius 3 is 2.58 bits per heavy atom. The third-order valence-corrected chi connectivity index (χ3v) is 4.14. The zero-order valence-electron chi connectivity index (χ0n) is 13.8. The van der Waals surface area contributed by atoms with E-state index in [-0.39, 0.29) is 24.1 Å². The third kappa shape index (κ3) is 5.17. The van der Waals surface area contributed by atoms with Crippen molar-refractivity contribution in [1.82, 2.24) is 5.32 Å². The van der Waals surface area contributed by atoms with Crippen LogP contribution in [0.5, 0.6) is 5.75 Å². The molecule has 1 aliphatic rings. The molecule has 1 aromatic carbocycles. The molecule has 0 heterocycles. The van der Waals surface area contributed by atoms with Gasteiger partial charge in [0.15, 0.2) is 6.54 Å². The van der Waals surface area contributed by atoms with Crippen molar-refractivity contribution in [2.75, 3.05) is 13.6 Å². The van der Waals surface area contributed by atoms with Gasteiger partial charge in [-0.3, -0.25) is 4.79 Å². The van der Waals surface area contributed by atoms with E-state index in [1.54, 1.807) is 19.1 Å². The van der Waals surface area contributed by atoms with Gasteiger partial charge in [0, 0.05) is 5.56 Å². The highest BCUT2D eigenvalue weighted by molar-refractivity contribution is 5.78. The summed E-state index contributed by atoms with van der Waals surface area (Å²) < 4.78 is 28.5. The average molecular weight is 338 g/mol. The zero-order valence-corrected chi connectivity index (χ0v) is 13.8. The van der Waals surface area contributed by atoms with Gasteiger partial charge < -0.3 is 15.0 Å². The average Bonchev–Trinajstić information content (AvgIpc) is 3.33. The molecule has 1 amide bonds. The molecule has 1 unspecified atom stereocenters. The van der Waals surface area contributed by atoms with Crippen molar-refractivity contribution in [2.45, 2.75) is 38.5 Å². The van der Waals surface area contributed by atoms with Crippen LogP contribution in [0.3, 0.4) is 0 Å². The third-order valence-electron chi connectivity index (χ3n) is 4.14. The van der Waals surface area contributed by atoms with Crippen LogP contribution in [-0.2, 0) is 11.3 Å². The Balaban J connectivity index is 1.83. The molecule has 0 aliphatic heterocycles. The summed E-state index contributed by atoms with van der Waals surface area (Å²) in [6.07, 6.45) is 1.94. The van der Waals surface area contributed by atoms with Crippen LogP contribution in [0.25, 0.3) is 0 Å². The van der Waals surface area contributed by atoms with Crippen LogP contribution in [0, 0.1) is 17.2 Å². The molecule has 130 valence electrons. The van der Waals surface area contributed by atoms with Crippen LogP contribution in [0.15, 0.2) is 24.3 Å². The minimum Gasteiger partial charge on any atom is -0.435 e. The summed E-state index contributed by atoms with van der Waals surface area (Å²) in [4.78, 5) is 13.1. The molecule has 2 atom stereocenters. The molecule has 0 spiro atoms. The number of carbonyl (C=O) groups excluding carboxylic acids is 1. The maximum atomic E-state index is 12.1. The standard InChI is InChI=1S/C17H21F2N3O2/c1-17(11-20,13-5-6-13)21-15(23)10-22(2)9-12-3-7-14(8-4-12)24-16(18)19/h3-4,7-8,13,16H,5-6,9-10H2,1-2H3,(H,21,23)/p+1/t17-/m1/s1. The van der Waals surface area contributed by atoms with Gasteiger partial charge in [-0.05, 0) is 49.9 Å². The molecule has 1 aromatic rings. The largest absolute Gasteiger partial charge is 0.435 e. The number of carbonyl (C=O) groups is 1. The number of alkyl halides is 2. The minimum atomic E-state index is -2.84. The van der Waals surface area contributed by atoms with Crippen LogP contribution in [0.4, 0.5) is 8.78 Å². The summed E-state index contributed by atoms with van der Waals surface area (Å²) in [6.45, 7) is -0.276. The summed E-state index contributed by atoms with van der Waals surface area (Å²) in [5, 5.41) is 12.1. The number of benzene rings is 1. The Bertz CT molecular complexity index is 611. The van der Waals surface area contributed by atoms with Gasteiger partial charge in [-0.1, -0.05) is 0 Å². The Morgan fingerprint density at radius 2 is 2.08 bits per heavy atom. The molecule has 1 fully saturated rings. The smallest absolute Gasteiger partial charge is 0.387 e. The highest BCUT2D eigenvalue weighted by atomic mass is 19.3. The van der Waals surface area contributed by atoms with Crippen molar-refractivity contribution in [1.29, 1.82) is 5.26 Å². The van der Waals surface area contributed by atoms with Gasteiger partial charge in [0.25, 0.3) is 5.91 Å². The van der Waals surface area contributed by atoms with Crippen molar-refractivity contribution in [3.8, 4) is 11.8 Å². The fraction of sp³-hybridized carbons (Fsp3) is 0.529. The molecular weight excluding hydrogens is 316 g/mol. The second-order valence-electron chi connectivity index (χ2n) is 6.47. The number of amides is 1. The fourth-order valence-electron chi connectivity index (χ4n) is 2.69. The molecule has 24 heavy (non-hydrogen) atoms. The van der Waals surface area contributed by atoms with E-state index in [2.05, 4.69) is 16.1 Å². The van der Waals surface area contributed by atoms with Crippen molar-refractivity contribution in [3.63, 3.8) is 0 Å². The quantitative estimate of drug-likeness (QED) is 0.746. The molecule has 2 N–H and O–H groups in total. The van der Waals surface area contributed by atoms with E-state index in [0.717, 1.165) is 23.3 Å². The molecule has 1 aliphatic carbocycles. The first-order valence-corrected chi connectivity index (χ1v) is 7.89. The number of rotatable bonds is 8. The topological polar surface area (TPSA) is 66.6 Å². The summed E-state index contributed by atoms with van der Waals surface area (Å²) in [5.74, 6) is 0.189. The summed E-state index contributed by atoms with van der Waals surface area (Å²) in [6, 6.07) is 8.56. The number of likely N-dealkylation sites (N-methyl/N-ethyl adjacent to an activating group) is 1. The van der Waals surface area contributed by atoms with E-state index in [1.807, 2.05) is 7.05 Å². The fourth-order valence-corrected chi connectivity index (χ4v) is 2.69. The molecule has 7 heteroatoms. The number of hydrogen-bond donors (Lipinski definition) is 2. The van der Waals surface area contributed by atoms with Crippen LogP contribution in [0.1, 0.15) is 25.3 Å². The van der Waals surface area contributed by atoms with E-state index in [9.17, 15) is 18.8 Å². The van der Waals surface area contributed by atoms with Crippen molar-refractivity contribution >= 4 is 5.91 Å². The Kier molecular flexibility index (Phi) is 5.73. The molecule has 0 radical (unpaired) electrons. The van der Waals surface area contributed by atoms with E-state index in [4.69, 9.17) is 0 Å². The summed E-state index contributed by atoms with van der Waals surface area (Å²) >= 11 is 0. The van der Waals surface area contributed by atoms with Crippen molar-refractivity contribution in [3.05, 3.63) is 29.8 Å². The van der Waals surface area contributed by atoms with Gasteiger partial charge in [0.2, 0.25) is 0 Å². The second-order valence-corrected chi connectivity index (χ2v) is 6.47. The monoisotopic (exact) mass is 338 g/mol. The van der Waals surface area contributed by atoms with Gasteiger partial charge in [-0.25, -0.2) is 0 Å². The highest BCUT2D eigenvalue weighted by Gasteiger charge is 2.43. The number of nitrogens with zero attached hydrogens (tertiary/aromatic N) is 1. The van der Waals surface area contributed by atoms with Gasteiger partial charge in [0.1, 0.15) is 17.8 Å². The highest BCUT2D eigenvalue weighted by Crippen LogP contribution is 2.39. The molecular formula is C17H22F2N3O2+. The maximum Gasteiger partial charge on any atom is 0.387 e. The Morgan fingerprint density at radius 1 is 1.46 bits per heavy atom. The van der Waals surface area contributed by atoms with E-state index in [0.29, 0.717) is 6.54 Å². The minimum absolute atomic E-state index is 0.110. The molecule has 0 saturated heterocycles. The number of halogens is 2. The predicted octanol–water partition coefficient (Wildman–Crippen LogP) is 1.11. The maximum absolute atomic E-state index is 12.1. The number of ether oxygens (including phenoxy) is 1. The number of hydrogen-bond acceptors (Lipinski definition) is 3. The molecule has 1 saturated carbocycles. The van der Waals surface area contributed by atoms with Gasteiger partial charge >= 0.3 is 6.61 Å². The Labute approximate surface area is 140 Å². The molecule has 2 rings (SSSR count). The van der Waals surface area contributed by atoms with Gasteiger partial charge in [-0.2, -0.15) is 14.0 Å². The summed E-state index contributed by atoms with van der Waals surface area (Å²) in [7, 11) is 1.87. The first kappa shape index (κ1) is 18.1. The molecule has 0 aromatic heterocycles. The molecule has 5 nitrogen and oxygen atoms in total. The lowest BCUT2D eigenvalue weighted by molar-refractivity contribution is -0.885. The Hall–Kier alpha value is -2.20. The number of nitriles is 1. The lowest BCUT2D eigenvalue weighted by Crippen LogP contribution is -3.09. The second kappa shape index (κ2) is 7.58. The van der Waals surface area contributed by atoms with Gasteiger partial charge in [0.05, 0.1) is 13.1 Å². The number of quaternary nitrogens is 1.